The van der Waals surface area contributed by atoms with E-state index in [2.05, 4.69) is 0 Å². The molecule has 0 aliphatic heterocycles. The van der Waals surface area contributed by atoms with Crippen molar-refractivity contribution in [1.82, 2.24) is 0 Å². The van der Waals surface area contributed by atoms with Crippen LogP contribution in [0.3, 0.4) is 0 Å². The van der Waals surface area contributed by atoms with E-state index in [-0.39, 0.29) is 25.1 Å². The Morgan fingerprint density at radius 3 is 2.18 bits per heavy atom. The van der Waals surface area contributed by atoms with E-state index < -0.39 is 17.7 Å². The van der Waals surface area contributed by atoms with Crippen molar-refractivity contribution in [3.05, 3.63) is 35.1 Å². The zero-order chi connectivity index (χ0) is 12.5. The van der Waals surface area contributed by atoms with Crippen LogP contribution in [0, 0.1) is 12.7 Å². The molecule has 3 fully saturated rings. The maximum absolute atomic E-state index is 13.7. The van der Waals surface area contributed by atoms with Gasteiger partial charge < -0.3 is 12.9 Å². The Kier molecular flexibility index (Phi) is 1.88. The Balaban J connectivity index is 1.87. The smallest absolute Gasteiger partial charge is 0.449 e. The van der Waals surface area contributed by atoms with E-state index in [0.717, 1.165) is 5.56 Å². The van der Waals surface area contributed by atoms with E-state index in [1.54, 1.807) is 19.1 Å². The van der Waals surface area contributed by atoms with Crippen LogP contribution in [-0.2, 0) is 5.41 Å². The first-order chi connectivity index (χ1) is 7.78. The summed E-state index contributed by atoms with van der Waals surface area (Å²) in [6.07, 6.45) is 0.260. The third-order valence-corrected chi connectivity index (χ3v) is 4.46. The average Bonchev–Trinajstić information content (AvgIpc) is 2.01. The fourth-order valence-electron chi connectivity index (χ4n) is 3.55. The van der Waals surface area contributed by atoms with Crippen molar-refractivity contribution >= 4 is 6.98 Å². The molecule has 3 saturated carbocycles. The zero-order valence-electron chi connectivity index (χ0n) is 9.44. The molecular formula is C12H12BF4-. The van der Waals surface area contributed by atoms with Gasteiger partial charge in [0.05, 0.1) is 0 Å². The second kappa shape index (κ2) is 2.87. The van der Waals surface area contributed by atoms with Crippen LogP contribution in [0.2, 0.25) is 5.31 Å². The molecule has 0 N–H and O–H groups in total. The van der Waals surface area contributed by atoms with Crippen molar-refractivity contribution in [2.45, 2.75) is 36.9 Å². The largest absolute Gasteiger partial charge is 0.484 e. The standard InChI is InChI=1S/C12H12BF4/c1-8-2-3-9(10(14)4-8)11-5-12(6-11,7-11)13(15,16)17/h2-4H,5-7H2,1H3/q-1. The normalized spacial score (nSPS) is 35.1. The van der Waals surface area contributed by atoms with Crippen molar-refractivity contribution < 1.29 is 17.3 Å². The fraction of sp³-hybridized carbons (Fsp3) is 0.500. The summed E-state index contributed by atoms with van der Waals surface area (Å²) in [5.74, 6) is -0.354. The Hall–Kier alpha value is -0.995. The maximum atomic E-state index is 13.7. The monoisotopic (exact) mass is 243 g/mol. The topological polar surface area (TPSA) is 0 Å². The van der Waals surface area contributed by atoms with Gasteiger partial charge in [0.2, 0.25) is 0 Å². The Morgan fingerprint density at radius 1 is 1.12 bits per heavy atom. The lowest BCUT2D eigenvalue weighted by atomic mass is 9.23. The van der Waals surface area contributed by atoms with Crippen LogP contribution in [0.15, 0.2) is 18.2 Å². The third kappa shape index (κ3) is 1.25. The van der Waals surface area contributed by atoms with Crippen molar-refractivity contribution in [3.8, 4) is 0 Å². The molecule has 0 heterocycles. The average molecular weight is 243 g/mol. The van der Waals surface area contributed by atoms with Crippen LogP contribution >= 0.6 is 0 Å². The quantitative estimate of drug-likeness (QED) is 0.540. The molecule has 17 heavy (non-hydrogen) atoms. The lowest BCUT2D eigenvalue weighted by Gasteiger charge is -2.75. The van der Waals surface area contributed by atoms with E-state index >= 15 is 0 Å². The number of benzene rings is 1. The maximum Gasteiger partial charge on any atom is 0.484 e. The van der Waals surface area contributed by atoms with Crippen molar-refractivity contribution in [3.63, 3.8) is 0 Å². The summed E-state index contributed by atoms with van der Waals surface area (Å²) < 4.78 is 52.0. The lowest BCUT2D eigenvalue weighted by molar-refractivity contribution is -0.0424. The summed E-state index contributed by atoms with van der Waals surface area (Å²) >= 11 is 0. The molecule has 1 aromatic rings. The minimum absolute atomic E-state index is 0.0868. The second-order valence-electron chi connectivity index (χ2n) is 5.73. The molecule has 0 nitrogen and oxygen atoms in total. The molecule has 0 saturated heterocycles. The van der Waals surface area contributed by atoms with Crippen LogP contribution in [0.25, 0.3) is 0 Å². The van der Waals surface area contributed by atoms with Gasteiger partial charge in [-0.05, 0) is 29.5 Å². The van der Waals surface area contributed by atoms with Crippen LogP contribution in [0.1, 0.15) is 30.4 Å². The molecule has 0 spiro atoms. The molecule has 1 aromatic carbocycles. The van der Waals surface area contributed by atoms with Crippen molar-refractivity contribution in [1.29, 1.82) is 0 Å². The predicted octanol–water partition coefficient (Wildman–Crippen LogP) is 4.16. The highest BCUT2D eigenvalue weighted by molar-refractivity contribution is 6.63. The Bertz CT molecular complexity index is 472. The van der Waals surface area contributed by atoms with E-state index in [0.29, 0.717) is 5.56 Å². The number of hydrogen-bond donors (Lipinski definition) is 0. The van der Waals surface area contributed by atoms with Crippen molar-refractivity contribution in [2.24, 2.45) is 0 Å². The van der Waals surface area contributed by atoms with Gasteiger partial charge in [-0.15, -0.1) is 0 Å². The second-order valence-corrected chi connectivity index (χ2v) is 5.73. The van der Waals surface area contributed by atoms with Gasteiger partial charge in [-0.3, -0.25) is 0 Å². The fourth-order valence-corrected chi connectivity index (χ4v) is 3.55. The van der Waals surface area contributed by atoms with Gasteiger partial charge in [0, 0.05) is 0 Å². The summed E-state index contributed by atoms with van der Waals surface area (Å²) in [5, 5.41) is -1.45. The molecule has 0 unspecified atom stereocenters. The summed E-state index contributed by atoms with van der Waals surface area (Å²) in [4.78, 5) is 0. The van der Waals surface area contributed by atoms with E-state index in [4.69, 9.17) is 0 Å². The SMILES string of the molecule is Cc1ccc(C23CC([B-](F)(F)F)(C2)C3)c(F)c1. The third-order valence-electron chi connectivity index (χ3n) is 4.46. The highest BCUT2D eigenvalue weighted by atomic mass is 19.4. The van der Waals surface area contributed by atoms with Gasteiger partial charge in [0.1, 0.15) is 5.82 Å². The molecule has 0 aromatic heterocycles. The van der Waals surface area contributed by atoms with Crippen LogP contribution in [0.5, 0.6) is 0 Å². The highest BCUT2D eigenvalue weighted by Gasteiger charge is 2.74. The molecular weight excluding hydrogens is 231 g/mol. The van der Waals surface area contributed by atoms with Crippen LogP contribution < -0.4 is 0 Å². The van der Waals surface area contributed by atoms with Gasteiger partial charge in [-0.25, -0.2) is 4.39 Å². The van der Waals surface area contributed by atoms with Crippen molar-refractivity contribution in [2.75, 3.05) is 0 Å². The van der Waals surface area contributed by atoms with Crippen LogP contribution in [-0.4, -0.2) is 6.98 Å². The summed E-state index contributed by atoms with van der Waals surface area (Å²) in [6.45, 7) is -3.00. The first-order valence-electron chi connectivity index (χ1n) is 5.74. The summed E-state index contributed by atoms with van der Waals surface area (Å²) in [5.41, 5.74) is 0.757. The predicted molar refractivity (Wildman–Crippen MR) is 58.4 cm³/mol. The number of halogens is 4. The minimum Gasteiger partial charge on any atom is -0.449 e. The highest BCUT2D eigenvalue weighted by Crippen LogP contribution is 2.82. The molecule has 0 amide bonds. The Morgan fingerprint density at radius 2 is 1.71 bits per heavy atom. The van der Waals surface area contributed by atoms with Gasteiger partial charge >= 0.3 is 6.98 Å². The molecule has 2 bridgehead atoms. The van der Waals surface area contributed by atoms with Gasteiger partial charge in [0.25, 0.3) is 0 Å². The van der Waals surface area contributed by atoms with Gasteiger partial charge in [-0.1, -0.05) is 36.7 Å². The minimum atomic E-state index is -4.77. The summed E-state index contributed by atoms with van der Waals surface area (Å²) in [7, 11) is 0. The van der Waals surface area contributed by atoms with E-state index in [1.165, 1.54) is 6.07 Å². The molecule has 3 aliphatic rings. The van der Waals surface area contributed by atoms with Crippen LogP contribution in [0.4, 0.5) is 17.3 Å². The lowest BCUT2D eigenvalue weighted by Crippen LogP contribution is -2.67. The molecule has 0 radical (unpaired) electrons. The number of aryl methyl sites for hydroxylation is 1. The van der Waals surface area contributed by atoms with Gasteiger partial charge in [0.15, 0.2) is 0 Å². The van der Waals surface area contributed by atoms with E-state index in [1.807, 2.05) is 0 Å². The Labute approximate surface area is 97.1 Å². The molecule has 3 aliphatic carbocycles. The number of hydrogen-bond acceptors (Lipinski definition) is 0. The molecule has 0 atom stereocenters. The summed E-state index contributed by atoms with van der Waals surface area (Å²) in [6, 6.07) is 4.82. The zero-order valence-corrected chi connectivity index (χ0v) is 9.44. The molecule has 5 heteroatoms. The molecule has 92 valence electrons. The first kappa shape index (κ1) is 11.1. The van der Waals surface area contributed by atoms with Gasteiger partial charge in [-0.2, -0.15) is 0 Å². The number of rotatable bonds is 2. The molecule has 4 rings (SSSR count). The first-order valence-corrected chi connectivity index (χ1v) is 5.74. The van der Waals surface area contributed by atoms with E-state index in [9.17, 15) is 17.3 Å².